The highest BCUT2D eigenvalue weighted by Crippen LogP contribution is 2.21. The second-order valence-corrected chi connectivity index (χ2v) is 5.27. The quantitative estimate of drug-likeness (QED) is 0.814. The van der Waals surface area contributed by atoms with E-state index in [1.54, 1.807) is 0 Å². The van der Waals surface area contributed by atoms with Gasteiger partial charge in [-0.05, 0) is 68.7 Å². The predicted octanol–water partition coefficient (Wildman–Crippen LogP) is 4.12. The van der Waals surface area contributed by atoms with Crippen molar-refractivity contribution < 1.29 is 0 Å². The summed E-state index contributed by atoms with van der Waals surface area (Å²) in [5.74, 6) is 0.819. The summed E-state index contributed by atoms with van der Waals surface area (Å²) in [5.41, 5.74) is 5.60. The molecule has 104 valence electrons. The molecule has 0 aliphatic rings. The van der Waals surface area contributed by atoms with E-state index in [1.165, 1.54) is 11.1 Å². The highest BCUT2D eigenvalue weighted by atomic mass is 32.1. The molecule has 1 heterocycles. The van der Waals surface area contributed by atoms with Crippen molar-refractivity contribution in [1.29, 1.82) is 0 Å². The molecule has 2 aromatic rings. The third-order valence-electron chi connectivity index (χ3n) is 3.57. The summed E-state index contributed by atoms with van der Waals surface area (Å²) < 4.78 is 0. The Hall–Kier alpha value is -1.94. The first-order chi connectivity index (χ1) is 9.49. The van der Waals surface area contributed by atoms with E-state index in [1.807, 2.05) is 37.3 Å². The van der Waals surface area contributed by atoms with Crippen LogP contribution in [0.1, 0.15) is 22.4 Å². The van der Waals surface area contributed by atoms with Gasteiger partial charge < -0.3 is 10.6 Å². The van der Waals surface area contributed by atoms with Crippen LogP contribution < -0.4 is 10.6 Å². The van der Waals surface area contributed by atoms with Gasteiger partial charge in [-0.2, -0.15) is 0 Å². The molecule has 0 saturated carbocycles. The van der Waals surface area contributed by atoms with Crippen LogP contribution in [0.4, 0.5) is 11.5 Å². The summed E-state index contributed by atoms with van der Waals surface area (Å²) >= 11 is 5.33. The van der Waals surface area contributed by atoms with Gasteiger partial charge in [0.2, 0.25) is 0 Å². The number of hydrogen-bond acceptors (Lipinski definition) is 2. The number of para-hydroxylation sites is 1. The number of thiocarbonyl (C=S) groups is 1. The highest BCUT2D eigenvalue weighted by molar-refractivity contribution is 7.80. The van der Waals surface area contributed by atoms with Crippen LogP contribution in [0.2, 0.25) is 0 Å². The van der Waals surface area contributed by atoms with Gasteiger partial charge in [0, 0.05) is 11.4 Å². The third kappa shape index (κ3) is 3.14. The van der Waals surface area contributed by atoms with Crippen molar-refractivity contribution in [1.82, 2.24) is 4.98 Å². The Labute approximate surface area is 125 Å². The number of benzene rings is 1. The molecule has 3 nitrogen and oxygen atoms in total. The first-order valence-corrected chi connectivity index (χ1v) is 6.97. The minimum atomic E-state index is 0.550. The standard InChI is InChI=1S/C16H19N3S/c1-10-11(2)13(4)17-15(12(10)3)19-16(20)18-14-8-6-5-7-9-14/h5-9H,1-4H3,(H2,17,18,19,20). The zero-order valence-electron chi connectivity index (χ0n) is 12.2. The summed E-state index contributed by atoms with van der Waals surface area (Å²) in [6.07, 6.45) is 0. The van der Waals surface area contributed by atoms with E-state index in [2.05, 4.69) is 36.4 Å². The molecule has 0 saturated heterocycles. The van der Waals surface area contributed by atoms with E-state index < -0.39 is 0 Å². The molecule has 0 atom stereocenters. The Balaban J connectivity index is 2.16. The normalized spacial score (nSPS) is 10.2. The van der Waals surface area contributed by atoms with E-state index in [-0.39, 0.29) is 0 Å². The van der Waals surface area contributed by atoms with E-state index in [9.17, 15) is 0 Å². The van der Waals surface area contributed by atoms with E-state index >= 15 is 0 Å². The number of pyridine rings is 1. The lowest BCUT2D eigenvalue weighted by Gasteiger charge is -2.16. The van der Waals surface area contributed by atoms with Gasteiger partial charge >= 0.3 is 0 Å². The Morgan fingerprint density at radius 3 is 2.20 bits per heavy atom. The van der Waals surface area contributed by atoms with Gasteiger partial charge in [-0.15, -0.1) is 0 Å². The van der Waals surface area contributed by atoms with E-state index in [0.29, 0.717) is 5.11 Å². The minimum absolute atomic E-state index is 0.550. The average Bonchev–Trinajstić information content (AvgIpc) is 2.43. The summed E-state index contributed by atoms with van der Waals surface area (Å²) in [4.78, 5) is 4.58. The van der Waals surface area contributed by atoms with Crippen molar-refractivity contribution in [3.8, 4) is 0 Å². The zero-order valence-corrected chi connectivity index (χ0v) is 13.1. The van der Waals surface area contributed by atoms with Crippen molar-refractivity contribution in [3.63, 3.8) is 0 Å². The van der Waals surface area contributed by atoms with Gasteiger partial charge in [0.1, 0.15) is 5.82 Å². The largest absolute Gasteiger partial charge is 0.332 e. The van der Waals surface area contributed by atoms with Gasteiger partial charge in [-0.1, -0.05) is 18.2 Å². The Kier molecular flexibility index (Phi) is 4.35. The molecule has 0 aliphatic heterocycles. The fourth-order valence-corrected chi connectivity index (χ4v) is 2.19. The Morgan fingerprint density at radius 1 is 0.900 bits per heavy atom. The molecule has 0 fully saturated rings. The second kappa shape index (κ2) is 6.01. The Morgan fingerprint density at radius 2 is 1.55 bits per heavy atom. The molecule has 0 aliphatic carbocycles. The zero-order chi connectivity index (χ0) is 14.7. The number of anilines is 2. The molecule has 1 aromatic heterocycles. The van der Waals surface area contributed by atoms with Crippen LogP contribution in [0.15, 0.2) is 30.3 Å². The molecule has 0 unspecified atom stereocenters. The number of nitrogens with zero attached hydrogens (tertiary/aromatic N) is 1. The number of rotatable bonds is 2. The van der Waals surface area contributed by atoms with Crippen LogP contribution >= 0.6 is 12.2 Å². The number of aryl methyl sites for hydroxylation is 1. The number of aromatic nitrogens is 1. The SMILES string of the molecule is Cc1nc(NC(=S)Nc2ccccc2)c(C)c(C)c1C. The summed E-state index contributed by atoms with van der Waals surface area (Å²) in [5, 5.41) is 6.88. The molecule has 4 heteroatoms. The van der Waals surface area contributed by atoms with Crippen molar-refractivity contribution in [3.05, 3.63) is 52.7 Å². The van der Waals surface area contributed by atoms with Gasteiger partial charge in [0.25, 0.3) is 0 Å². The molecule has 0 amide bonds. The van der Waals surface area contributed by atoms with Gasteiger partial charge in [-0.3, -0.25) is 0 Å². The van der Waals surface area contributed by atoms with E-state index in [0.717, 1.165) is 22.8 Å². The van der Waals surface area contributed by atoms with Gasteiger partial charge in [0.05, 0.1) is 0 Å². The van der Waals surface area contributed by atoms with Crippen LogP contribution in [0, 0.1) is 27.7 Å². The molecule has 0 spiro atoms. The minimum Gasteiger partial charge on any atom is -0.332 e. The van der Waals surface area contributed by atoms with Crippen LogP contribution in [-0.4, -0.2) is 10.1 Å². The summed E-state index contributed by atoms with van der Waals surface area (Å²) in [7, 11) is 0. The lowest BCUT2D eigenvalue weighted by Crippen LogP contribution is -2.21. The van der Waals surface area contributed by atoms with Crippen LogP contribution in [0.3, 0.4) is 0 Å². The predicted molar refractivity (Wildman–Crippen MR) is 89.5 cm³/mol. The lowest BCUT2D eigenvalue weighted by atomic mass is 10.0. The fraction of sp³-hybridized carbons (Fsp3) is 0.250. The molecule has 0 radical (unpaired) electrons. The first kappa shape index (κ1) is 14.5. The third-order valence-corrected chi connectivity index (χ3v) is 3.77. The van der Waals surface area contributed by atoms with E-state index in [4.69, 9.17) is 12.2 Å². The van der Waals surface area contributed by atoms with Gasteiger partial charge in [-0.25, -0.2) is 4.98 Å². The van der Waals surface area contributed by atoms with Crippen molar-refractivity contribution >= 4 is 28.8 Å². The van der Waals surface area contributed by atoms with Crippen molar-refractivity contribution in [2.24, 2.45) is 0 Å². The molecule has 2 rings (SSSR count). The maximum absolute atomic E-state index is 5.33. The monoisotopic (exact) mass is 285 g/mol. The molecular weight excluding hydrogens is 266 g/mol. The molecule has 2 N–H and O–H groups in total. The maximum atomic E-state index is 5.33. The fourth-order valence-electron chi connectivity index (χ4n) is 1.98. The molecule has 0 bridgehead atoms. The first-order valence-electron chi connectivity index (χ1n) is 6.56. The molecular formula is C16H19N3S. The molecule has 20 heavy (non-hydrogen) atoms. The molecule has 1 aromatic carbocycles. The number of nitrogens with one attached hydrogen (secondary N) is 2. The maximum Gasteiger partial charge on any atom is 0.176 e. The highest BCUT2D eigenvalue weighted by Gasteiger charge is 2.09. The van der Waals surface area contributed by atoms with Crippen LogP contribution in [-0.2, 0) is 0 Å². The van der Waals surface area contributed by atoms with Crippen molar-refractivity contribution in [2.45, 2.75) is 27.7 Å². The van der Waals surface area contributed by atoms with Crippen LogP contribution in [0.25, 0.3) is 0 Å². The van der Waals surface area contributed by atoms with Gasteiger partial charge in [0.15, 0.2) is 5.11 Å². The smallest absolute Gasteiger partial charge is 0.176 e. The number of hydrogen-bond donors (Lipinski definition) is 2. The topological polar surface area (TPSA) is 37.0 Å². The lowest BCUT2D eigenvalue weighted by molar-refractivity contribution is 1.09. The summed E-state index contributed by atoms with van der Waals surface area (Å²) in [6, 6.07) is 9.85. The average molecular weight is 285 g/mol. The summed E-state index contributed by atoms with van der Waals surface area (Å²) in [6.45, 7) is 8.27. The second-order valence-electron chi connectivity index (χ2n) is 4.87. The van der Waals surface area contributed by atoms with Crippen molar-refractivity contribution in [2.75, 3.05) is 10.6 Å². The Bertz CT molecular complexity index is 636. The van der Waals surface area contributed by atoms with Crippen LogP contribution in [0.5, 0.6) is 0 Å².